The third-order valence-corrected chi connectivity index (χ3v) is 5.64. The average molecular weight is 225 g/mol. The molecule has 0 aromatic heterocycles. The fourth-order valence-electron chi connectivity index (χ4n) is 1.17. The van der Waals surface area contributed by atoms with Gasteiger partial charge in [0.25, 0.3) is 0 Å². The van der Waals surface area contributed by atoms with Gasteiger partial charge >= 0.3 is 0 Å². The fraction of sp³-hybridized carbons (Fsp3) is 1.00. The molecule has 0 aliphatic carbocycles. The Bertz CT molecular complexity index is 255. The van der Waals surface area contributed by atoms with Crippen LogP contribution in [0.5, 0.6) is 0 Å². The van der Waals surface area contributed by atoms with Gasteiger partial charge in [0.15, 0.2) is 0 Å². The van der Waals surface area contributed by atoms with Gasteiger partial charge in [-0.2, -0.15) is 4.31 Å². The highest BCUT2D eigenvalue weighted by Crippen LogP contribution is 2.12. The SMILES string of the molecule is CC(C)S(=O)(=O)N1CC[S+]([O-])CC1. The van der Waals surface area contributed by atoms with Gasteiger partial charge < -0.3 is 4.55 Å². The zero-order chi connectivity index (χ0) is 10.1. The minimum Gasteiger partial charge on any atom is -0.616 e. The minimum atomic E-state index is -3.12. The third kappa shape index (κ3) is 2.59. The van der Waals surface area contributed by atoms with E-state index in [9.17, 15) is 13.0 Å². The predicted molar refractivity (Wildman–Crippen MR) is 53.5 cm³/mol. The van der Waals surface area contributed by atoms with Crippen molar-refractivity contribution in [3.8, 4) is 0 Å². The standard InChI is InChI=1S/C7H15NO3S2/c1-7(2)13(10,11)8-3-5-12(9)6-4-8/h7H,3-6H2,1-2H3. The molecule has 0 bridgehead atoms. The Balaban J connectivity index is 2.64. The quantitative estimate of drug-likeness (QED) is 0.611. The van der Waals surface area contributed by atoms with E-state index in [4.69, 9.17) is 0 Å². The molecular weight excluding hydrogens is 210 g/mol. The Morgan fingerprint density at radius 1 is 1.31 bits per heavy atom. The number of rotatable bonds is 2. The maximum absolute atomic E-state index is 11.6. The second kappa shape index (κ2) is 4.16. The molecule has 1 fully saturated rings. The molecule has 4 nitrogen and oxygen atoms in total. The summed E-state index contributed by atoms with van der Waals surface area (Å²) in [6, 6.07) is 0. The summed E-state index contributed by atoms with van der Waals surface area (Å²) in [4.78, 5) is 0. The topological polar surface area (TPSA) is 60.4 Å². The zero-order valence-electron chi connectivity index (χ0n) is 7.89. The number of sulfonamides is 1. The molecule has 0 radical (unpaired) electrons. The molecule has 0 spiro atoms. The molecular formula is C7H15NO3S2. The van der Waals surface area contributed by atoms with Crippen molar-refractivity contribution in [1.82, 2.24) is 4.31 Å². The van der Waals surface area contributed by atoms with Crippen molar-refractivity contribution in [3.05, 3.63) is 0 Å². The van der Waals surface area contributed by atoms with Gasteiger partial charge in [0.05, 0.1) is 18.3 Å². The Labute approximate surface area is 82.5 Å². The van der Waals surface area contributed by atoms with E-state index < -0.39 is 21.2 Å². The Morgan fingerprint density at radius 3 is 2.15 bits per heavy atom. The summed E-state index contributed by atoms with van der Waals surface area (Å²) in [5.41, 5.74) is 0. The molecule has 0 unspecified atom stereocenters. The van der Waals surface area contributed by atoms with E-state index in [0.29, 0.717) is 24.6 Å². The molecule has 1 rings (SSSR count). The summed E-state index contributed by atoms with van der Waals surface area (Å²) < 4.78 is 35.7. The lowest BCUT2D eigenvalue weighted by Gasteiger charge is -2.28. The van der Waals surface area contributed by atoms with Crippen LogP contribution in [0.3, 0.4) is 0 Å². The van der Waals surface area contributed by atoms with Crippen LogP contribution in [-0.4, -0.2) is 47.1 Å². The molecule has 0 aromatic carbocycles. The van der Waals surface area contributed by atoms with E-state index in [-0.39, 0.29) is 5.25 Å². The monoisotopic (exact) mass is 225 g/mol. The first kappa shape index (κ1) is 11.3. The lowest BCUT2D eigenvalue weighted by Crippen LogP contribution is -2.46. The maximum Gasteiger partial charge on any atom is 0.216 e. The highest BCUT2D eigenvalue weighted by Gasteiger charge is 2.30. The molecule has 6 heteroatoms. The van der Waals surface area contributed by atoms with E-state index in [1.165, 1.54) is 4.31 Å². The van der Waals surface area contributed by atoms with Crippen molar-refractivity contribution < 1.29 is 13.0 Å². The third-order valence-electron chi connectivity index (χ3n) is 2.09. The first-order chi connectivity index (χ1) is 5.94. The van der Waals surface area contributed by atoms with Crippen LogP contribution in [0, 0.1) is 0 Å². The number of nitrogens with zero attached hydrogens (tertiary/aromatic N) is 1. The number of hydrogen-bond acceptors (Lipinski definition) is 3. The van der Waals surface area contributed by atoms with Gasteiger partial charge in [-0.1, -0.05) is 11.2 Å². The summed E-state index contributed by atoms with van der Waals surface area (Å²) in [6.07, 6.45) is 0. The van der Waals surface area contributed by atoms with Gasteiger partial charge in [-0.25, -0.2) is 8.42 Å². The zero-order valence-corrected chi connectivity index (χ0v) is 9.53. The summed E-state index contributed by atoms with van der Waals surface area (Å²) in [7, 11) is -3.12. The van der Waals surface area contributed by atoms with Crippen molar-refractivity contribution in [3.63, 3.8) is 0 Å². The van der Waals surface area contributed by atoms with Crippen molar-refractivity contribution in [2.24, 2.45) is 0 Å². The van der Waals surface area contributed by atoms with Gasteiger partial charge in [0, 0.05) is 0 Å². The van der Waals surface area contributed by atoms with Gasteiger partial charge in [-0.15, -0.1) is 0 Å². The number of hydrogen-bond donors (Lipinski definition) is 0. The molecule has 0 aromatic rings. The van der Waals surface area contributed by atoms with Gasteiger partial charge in [-0.3, -0.25) is 0 Å². The van der Waals surface area contributed by atoms with Crippen molar-refractivity contribution in [2.45, 2.75) is 19.1 Å². The van der Waals surface area contributed by atoms with Crippen LogP contribution in [0.25, 0.3) is 0 Å². The summed E-state index contributed by atoms with van der Waals surface area (Å²) >= 11 is -0.815. The van der Waals surface area contributed by atoms with Crippen molar-refractivity contribution in [1.29, 1.82) is 0 Å². The molecule has 0 saturated carbocycles. The van der Waals surface area contributed by atoms with Crippen LogP contribution in [0.1, 0.15) is 13.8 Å². The second-order valence-electron chi connectivity index (χ2n) is 3.34. The van der Waals surface area contributed by atoms with E-state index in [1.807, 2.05) is 0 Å². The van der Waals surface area contributed by atoms with E-state index in [1.54, 1.807) is 13.8 Å². The van der Waals surface area contributed by atoms with E-state index >= 15 is 0 Å². The fourth-order valence-corrected chi connectivity index (χ4v) is 3.74. The van der Waals surface area contributed by atoms with Crippen molar-refractivity contribution in [2.75, 3.05) is 24.6 Å². The molecule has 0 N–H and O–H groups in total. The van der Waals surface area contributed by atoms with E-state index in [2.05, 4.69) is 0 Å². The maximum atomic E-state index is 11.6. The lowest BCUT2D eigenvalue weighted by molar-refractivity contribution is 0.425. The normalized spacial score (nSPS) is 22.5. The summed E-state index contributed by atoms with van der Waals surface area (Å²) in [6.45, 7) is 4.15. The van der Waals surface area contributed by atoms with Crippen LogP contribution in [0.15, 0.2) is 0 Å². The van der Waals surface area contributed by atoms with Crippen LogP contribution in [0.2, 0.25) is 0 Å². The molecule has 1 aliphatic rings. The molecule has 1 aliphatic heterocycles. The first-order valence-corrected chi connectivity index (χ1v) is 7.27. The van der Waals surface area contributed by atoms with Crippen LogP contribution >= 0.6 is 0 Å². The van der Waals surface area contributed by atoms with Gasteiger partial charge in [0.2, 0.25) is 10.0 Å². The molecule has 1 heterocycles. The summed E-state index contributed by atoms with van der Waals surface area (Å²) in [5.74, 6) is 0.956. The predicted octanol–water partition coefficient (Wildman–Crippen LogP) is -0.211. The van der Waals surface area contributed by atoms with Gasteiger partial charge in [0.1, 0.15) is 11.5 Å². The van der Waals surface area contributed by atoms with Crippen LogP contribution < -0.4 is 0 Å². The first-order valence-electron chi connectivity index (χ1n) is 4.28. The molecule has 78 valence electrons. The second-order valence-corrected chi connectivity index (χ2v) is 7.53. The lowest BCUT2D eigenvalue weighted by atomic mass is 10.6. The van der Waals surface area contributed by atoms with Gasteiger partial charge in [-0.05, 0) is 13.8 Å². The Kier molecular flexibility index (Phi) is 3.62. The molecule has 1 saturated heterocycles. The van der Waals surface area contributed by atoms with Crippen LogP contribution in [-0.2, 0) is 21.2 Å². The van der Waals surface area contributed by atoms with Crippen LogP contribution in [0.4, 0.5) is 0 Å². The van der Waals surface area contributed by atoms with E-state index in [0.717, 1.165) is 0 Å². The average Bonchev–Trinajstić information content (AvgIpc) is 2.04. The molecule has 0 amide bonds. The summed E-state index contributed by atoms with van der Waals surface area (Å²) in [5, 5.41) is -0.376. The highest BCUT2D eigenvalue weighted by atomic mass is 32.2. The molecule has 0 atom stereocenters. The highest BCUT2D eigenvalue weighted by molar-refractivity contribution is 7.92. The molecule has 13 heavy (non-hydrogen) atoms. The largest absolute Gasteiger partial charge is 0.616 e. The smallest absolute Gasteiger partial charge is 0.216 e. The Hall–Kier alpha value is 0.220. The van der Waals surface area contributed by atoms with Crippen molar-refractivity contribution >= 4 is 21.2 Å². The Morgan fingerprint density at radius 2 is 1.77 bits per heavy atom. The minimum absolute atomic E-state index is 0.376.